The van der Waals surface area contributed by atoms with Gasteiger partial charge in [0.25, 0.3) is 5.56 Å². The Bertz CT molecular complexity index is 1330. The Morgan fingerprint density at radius 1 is 1.16 bits per heavy atom. The predicted molar refractivity (Wildman–Crippen MR) is 124 cm³/mol. The van der Waals surface area contributed by atoms with Gasteiger partial charge in [0.05, 0.1) is 18.5 Å². The molecule has 1 aliphatic rings. The molecule has 7 nitrogen and oxygen atoms in total. The normalized spacial score (nSPS) is 15.7. The molecule has 1 unspecified atom stereocenters. The number of rotatable bonds is 3. The summed E-state index contributed by atoms with van der Waals surface area (Å²) in [5.41, 5.74) is 1.75. The minimum absolute atomic E-state index is 0.0391. The number of thioether (sulfide) groups is 1. The van der Waals surface area contributed by atoms with Crippen molar-refractivity contribution in [1.29, 1.82) is 0 Å². The lowest BCUT2D eigenvalue weighted by Crippen LogP contribution is -2.29. The maximum atomic E-state index is 13.0. The zero-order valence-electron chi connectivity index (χ0n) is 17.2. The van der Waals surface area contributed by atoms with E-state index < -0.39 is 5.56 Å². The fourth-order valence-corrected chi connectivity index (χ4v) is 4.94. The van der Waals surface area contributed by atoms with Crippen LogP contribution in [0, 0.1) is 4.77 Å². The van der Waals surface area contributed by atoms with Gasteiger partial charge in [-0.05, 0) is 42.0 Å². The molecule has 0 saturated heterocycles. The first-order chi connectivity index (χ1) is 14.8. The highest BCUT2D eigenvalue weighted by molar-refractivity contribution is 7.99. The fraction of sp³-hybridized carbons (Fsp3) is 0.227. The van der Waals surface area contributed by atoms with Gasteiger partial charge in [0, 0.05) is 30.7 Å². The van der Waals surface area contributed by atoms with Gasteiger partial charge in [-0.3, -0.25) is 18.9 Å². The SMILES string of the molecule is COc1ccc(C2CC(c3c(O)n(C)c(=S)n(C)c3=O)=Nc3ccccc3S2)cc1O. The second-order valence-corrected chi connectivity index (χ2v) is 8.78. The van der Waals surface area contributed by atoms with Crippen LogP contribution in [0.5, 0.6) is 17.4 Å². The Morgan fingerprint density at radius 2 is 1.90 bits per heavy atom. The molecule has 0 spiro atoms. The summed E-state index contributed by atoms with van der Waals surface area (Å²) in [6, 6.07) is 12.9. The molecule has 160 valence electrons. The van der Waals surface area contributed by atoms with Crippen LogP contribution in [0.25, 0.3) is 0 Å². The molecule has 31 heavy (non-hydrogen) atoms. The third kappa shape index (κ3) is 3.75. The Balaban J connectivity index is 1.91. The van der Waals surface area contributed by atoms with Crippen LogP contribution >= 0.6 is 24.0 Å². The van der Waals surface area contributed by atoms with E-state index in [9.17, 15) is 15.0 Å². The summed E-state index contributed by atoms with van der Waals surface area (Å²) in [4.78, 5) is 18.8. The number of fused-ring (bicyclic) bond motifs is 1. The zero-order chi connectivity index (χ0) is 22.3. The Morgan fingerprint density at radius 3 is 2.61 bits per heavy atom. The summed E-state index contributed by atoms with van der Waals surface area (Å²) in [5, 5.41) is 20.9. The first-order valence-corrected chi connectivity index (χ1v) is 10.8. The lowest BCUT2D eigenvalue weighted by atomic mass is 10.0. The van der Waals surface area contributed by atoms with Crippen molar-refractivity contribution in [3.05, 3.63) is 68.7 Å². The predicted octanol–water partition coefficient (Wildman–Crippen LogP) is 4.23. The number of hydrogen-bond acceptors (Lipinski definition) is 7. The second-order valence-electron chi connectivity index (χ2n) is 7.17. The van der Waals surface area contributed by atoms with Crippen LogP contribution in [-0.2, 0) is 14.1 Å². The van der Waals surface area contributed by atoms with Crippen molar-refractivity contribution in [2.45, 2.75) is 16.6 Å². The number of benzene rings is 2. The molecule has 0 fully saturated rings. The molecule has 2 aromatic carbocycles. The largest absolute Gasteiger partial charge is 0.504 e. The summed E-state index contributed by atoms with van der Waals surface area (Å²) in [6.45, 7) is 0. The Kier molecular flexibility index (Phi) is 5.63. The molecule has 0 amide bonds. The molecule has 0 radical (unpaired) electrons. The monoisotopic (exact) mass is 455 g/mol. The fourth-order valence-electron chi connectivity index (χ4n) is 3.55. The van der Waals surface area contributed by atoms with Gasteiger partial charge >= 0.3 is 0 Å². The number of nitrogens with zero attached hydrogens (tertiary/aromatic N) is 3. The molecule has 0 saturated carbocycles. The third-order valence-electron chi connectivity index (χ3n) is 5.27. The number of aromatic hydroxyl groups is 2. The van der Waals surface area contributed by atoms with Gasteiger partial charge < -0.3 is 14.9 Å². The smallest absolute Gasteiger partial charge is 0.267 e. The number of para-hydroxylation sites is 1. The van der Waals surface area contributed by atoms with Crippen molar-refractivity contribution >= 4 is 35.4 Å². The van der Waals surface area contributed by atoms with Crippen LogP contribution in [0.2, 0.25) is 0 Å². The van der Waals surface area contributed by atoms with Crippen molar-refractivity contribution in [3.63, 3.8) is 0 Å². The summed E-state index contributed by atoms with van der Waals surface area (Å²) < 4.78 is 8.09. The molecular formula is C22H21N3O4S2. The first kappa shape index (κ1) is 21.2. The van der Waals surface area contributed by atoms with Crippen LogP contribution in [0.4, 0.5) is 5.69 Å². The molecule has 1 aliphatic heterocycles. The Hall–Kier alpha value is -3.04. The van der Waals surface area contributed by atoms with Gasteiger partial charge in [0.2, 0.25) is 5.88 Å². The van der Waals surface area contributed by atoms with Crippen molar-refractivity contribution in [2.75, 3.05) is 7.11 Å². The number of phenolic OH excluding ortho intramolecular Hbond substituents is 1. The maximum absolute atomic E-state index is 13.0. The van der Waals surface area contributed by atoms with Gasteiger partial charge in [-0.1, -0.05) is 18.2 Å². The minimum atomic E-state index is -0.403. The number of aromatic nitrogens is 2. The molecule has 1 aromatic heterocycles. The standard InChI is InChI=1S/C22H21N3O4S2/c1-24-20(27)19(21(28)25(2)22(24)30)14-11-18(12-8-9-16(29-3)15(26)10-12)31-17-7-5-4-6-13(17)23-14/h4-10,18,26-27H,11H2,1-3H3. The van der Waals surface area contributed by atoms with Crippen LogP contribution in [0.1, 0.15) is 22.8 Å². The number of methoxy groups -OCH3 is 1. The van der Waals surface area contributed by atoms with Gasteiger partial charge in [0.1, 0.15) is 5.56 Å². The molecule has 2 N–H and O–H groups in total. The van der Waals surface area contributed by atoms with Crippen LogP contribution in [-0.4, -0.2) is 32.2 Å². The van der Waals surface area contributed by atoms with E-state index in [4.69, 9.17) is 21.9 Å². The molecule has 0 aliphatic carbocycles. The van der Waals surface area contributed by atoms with Gasteiger partial charge in [-0.2, -0.15) is 0 Å². The molecular weight excluding hydrogens is 434 g/mol. The van der Waals surface area contributed by atoms with E-state index in [0.29, 0.717) is 23.6 Å². The average molecular weight is 456 g/mol. The third-order valence-corrected chi connectivity index (χ3v) is 7.14. The number of ether oxygens (including phenoxy) is 1. The second kappa shape index (κ2) is 8.24. The number of hydrogen-bond donors (Lipinski definition) is 2. The molecule has 1 atom stereocenters. The minimum Gasteiger partial charge on any atom is -0.504 e. The lowest BCUT2D eigenvalue weighted by Gasteiger charge is -2.18. The van der Waals surface area contributed by atoms with Gasteiger partial charge in [-0.15, -0.1) is 11.8 Å². The van der Waals surface area contributed by atoms with E-state index in [2.05, 4.69) is 0 Å². The highest BCUT2D eigenvalue weighted by Crippen LogP contribution is 2.46. The van der Waals surface area contributed by atoms with E-state index in [1.54, 1.807) is 38.0 Å². The highest BCUT2D eigenvalue weighted by Gasteiger charge is 2.27. The molecule has 0 bridgehead atoms. The number of phenols is 1. The van der Waals surface area contributed by atoms with Crippen LogP contribution < -0.4 is 10.3 Å². The lowest BCUT2D eigenvalue weighted by molar-refractivity contribution is 0.373. The summed E-state index contributed by atoms with van der Waals surface area (Å²) in [5.74, 6) is 0.209. The summed E-state index contributed by atoms with van der Waals surface area (Å²) >= 11 is 6.83. The van der Waals surface area contributed by atoms with E-state index in [-0.39, 0.29) is 27.2 Å². The first-order valence-electron chi connectivity index (χ1n) is 9.51. The highest BCUT2D eigenvalue weighted by atomic mass is 32.2. The zero-order valence-corrected chi connectivity index (χ0v) is 18.8. The summed E-state index contributed by atoms with van der Waals surface area (Å²) in [7, 11) is 4.68. The Labute approximate surface area is 188 Å². The van der Waals surface area contributed by atoms with Crippen molar-refractivity contribution in [1.82, 2.24) is 9.13 Å². The van der Waals surface area contributed by atoms with E-state index in [1.165, 1.54) is 16.2 Å². The van der Waals surface area contributed by atoms with Crippen molar-refractivity contribution in [3.8, 4) is 17.4 Å². The molecule has 4 rings (SSSR count). The van der Waals surface area contributed by atoms with Crippen LogP contribution in [0.3, 0.4) is 0 Å². The number of aliphatic imine (C=N–C) groups is 1. The molecule has 3 aromatic rings. The van der Waals surface area contributed by atoms with Gasteiger partial charge in [-0.25, -0.2) is 0 Å². The van der Waals surface area contributed by atoms with Crippen molar-refractivity contribution < 1.29 is 14.9 Å². The quantitative estimate of drug-likeness (QED) is 0.575. The maximum Gasteiger partial charge on any atom is 0.267 e. The van der Waals surface area contributed by atoms with E-state index in [0.717, 1.165) is 10.5 Å². The molecule has 2 heterocycles. The van der Waals surface area contributed by atoms with E-state index >= 15 is 0 Å². The molecule has 9 heteroatoms. The van der Waals surface area contributed by atoms with Gasteiger partial charge in [0.15, 0.2) is 16.3 Å². The summed E-state index contributed by atoms with van der Waals surface area (Å²) in [6.07, 6.45) is 0.366. The van der Waals surface area contributed by atoms with Crippen molar-refractivity contribution in [2.24, 2.45) is 19.1 Å². The average Bonchev–Trinajstić information content (AvgIpc) is 2.96. The van der Waals surface area contributed by atoms with Crippen LogP contribution in [0.15, 0.2) is 57.1 Å². The topological polar surface area (TPSA) is 89.0 Å². The van der Waals surface area contributed by atoms with E-state index in [1.807, 2.05) is 30.3 Å².